The van der Waals surface area contributed by atoms with Crippen LogP contribution in [0, 0.1) is 0 Å². The predicted octanol–water partition coefficient (Wildman–Crippen LogP) is 15.0. The summed E-state index contributed by atoms with van der Waals surface area (Å²) in [5.74, 6) is -0.920. The van der Waals surface area contributed by atoms with Gasteiger partial charge in [0, 0.05) is 19.3 Å². The number of allylic oxidation sites excluding steroid dienone is 6. The van der Waals surface area contributed by atoms with Crippen LogP contribution in [-0.2, 0) is 28.6 Å². The van der Waals surface area contributed by atoms with Gasteiger partial charge in [0.15, 0.2) is 6.10 Å². The van der Waals surface area contributed by atoms with Crippen LogP contribution in [0.25, 0.3) is 0 Å². The number of unbranched alkanes of at least 4 members (excludes halogenated alkanes) is 25. The highest BCUT2D eigenvalue weighted by atomic mass is 16.6. The first-order valence-corrected chi connectivity index (χ1v) is 23.5. The van der Waals surface area contributed by atoms with Gasteiger partial charge in [0.2, 0.25) is 0 Å². The molecule has 0 aliphatic rings. The van der Waals surface area contributed by atoms with Gasteiger partial charge >= 0.3 is 17.9 Å². The Morgan fingerprint density at radius 2 is 0.709 bits per heavy atom. The minimum Gasteiger partial charge on any atom is -0.462 e. The number of esters is 3. The third-order valence-electron chi connectivity index (χ3n) is 10.2. The largest absolute Gasteiger partial charge is 0.462 e. The lowest BCUT2D eigenvalue weighted by Gasteiger charge is -2.18. The molecule has 6 heteroatoms. The van der Waals surface area contributed by atoms with E-state index >= 15 is 0 Å². The lowest BCUT2D eigenvalue weighted by molar-refractivity contribution is -0.167. The number of carbonyl (C=O) groups excluding carboxylic acids is 3. The van der Waals surface area contributed by atoms with Gasteiger partial charge in [-0.05, 0) is 51.4 Å². The second-order valence-electron chi connectivity index (χ2n) is 15.6. The summed E-state index contributed by atoms with van der Waals surface area (Å²) in [4.78, 5) is 37.7. The number of hydrogen-bond acceptors (Lipinski definition) is 6. The zero-order valence-corrected chi connectivity index (χ0v) is 36.4. The molecule has 0 saturated carbocycles. The van der Waals surface area contributed by atoms with Crippen molar-refractivity contribution in [2.75, 3.05) is 13.2 Å². The molecule has 1 unspecified atom stereocenters. The molecule has 0 N–H and O–H groups in total. The van der Waals surface area contributed by atoms with Crippen LogP contribution in [0.1, 0.15) is 239 Å². The van der Waals surface area contributed by atoms with Gasteiger partial charge in [-0.15, -0.1) is 0 Å². The molecule has 0 amide bonds. The Labute approximate surface area is 340 Å². The molecule has 0 radical (unpaired) electrons. The fraction of sp³-hybridized carbons (Fsp3) is 0.816. The maximum Gasteiger partial charge on any atom is 0.306 e. The molecule has 0 heterocycles. The first-order chi connectivity index (χ1) is 27.0. The zero-order chi connectivity index (χ0) is 40.1. The monoisotopic (exact) mass is 773 g/mol. The van der Waals surface area contributed by atoms with Gasteiger partial charge < -0.3 is 14.2 Å². The molecule has 320 valence electrons. The third kappa shape index (κ3) is 42.6. The standard InChI is InChI=1S/C49H88O6/c1-4-7-10-13-16-19-22-24-25-26-28-30-33-36-39-42-48(51)54-45-46(44-53-47(50)41-38-35-32-29-21-18-15-12-9-6-3)55-49(52)43-40-37-34-31-27-23-20-17-14-11-8-5-2/h8,11,17,20,27,31,46H,4-7,9-10,12-16,18-19,21-26,28-30,32-45H2,1-3H3/b11-8-,20-17-,31-27-. The molecule has 6 nitrogen and oxygen atoms in total. The van der Waals surface area contributed by atoms with Crippen molar-refractivity contribution in [1.29, 1.82) is 0 Å². The number of rotatable bonds is 42. The summed E-state index contributed by atoms with van der Waals surface area (Å²) in [7, 11) is 0. The highest BCUT2D eigenvalue weighted by molar-refractivity contribution is 5.71. The van der Waals surface area contributed by atoms with E-state index < -0.39 is 6.10 Å². The summed E-state index contributed by atoms with van der Waals surface area (Å²) in [5, 5.41) is 0. The molecule has 0 aromatic heterocycles. The van der Waals surface area contributed by atoms with Gasteiger partial charge in [-0.3, -0.25) is 14.4 Å². The average Bonchev–Trinajstić information content (AvgIpc) is 3.18. The number of carbonyl (C=O) groups is 3. The minimum absolute atomic E-state index is 0.0840. The van der Waals surface area contributed by atoms with Crippen molar-refractivity contribution in [1.82, 2.24) is 0 Å². The van der Waals surface area contributed by atoms with Gasteiger partial charge in [-0.25, -0.2) is 0 Å². The van der Waals surface area contributed by atoms with Gasteiger partial charge in [0.05, 0.1) is 0 Å². The second kappa shape index (κ2) is 44.3. The van der Waals surface area contributed by atoms with Crippen LogP contribution in [0.5, 0.6) is 0 Å². The van der Waals surface area contributed by atoms with Crippen molar-refractivity contribution < 1.29 is 28.6 Å². The zero-order valence-electron chi connectivity index (χ0n) is 36.4. The summed E-state index contributed by atoms with van der Waals surface area (Å²) < 4.78 is 16.7. The van der Waals surface area contributed by atoms with Crippen LogP contribution in [0.3, 0.4) is 0 Å². The molecule has 0 spiro atoms. The molecule has 0 saturated heterocycles. The SMILES string of the molecule is CC/C=C\C/C=C\C/C=C\CCCCC(=O)OC(COC(=O)CCCCCCCCCCCC)COC(=O)CCCCCCCCCCCCCCCCC. The van der Waals surface area contributed by atoms with Gasteiger partial charge in [0.25, 0.3) is 0 Å². The highest BCUT2D eigenvalue weighted by Crippen LogP contribution is 2.15. The number of hydrogen-bond donors (Lipinski definition) is 0. The summed E-state index contributed by atoms with van der Waals surface area (Å²) in [5.41, 5.74) is 0. The second-order valence-corrected chi connectivity index (χ2v) is 15.6. The quantitative estimate of drug-likeness (QED) is 0.0266. The Morgan fingerprint density at radius 3 is 1.11 bits per heavy atom. The van der Waals surface area contributed by atoms with Crippen molar-refractivity contribution in [3.05, 3.63) is 36.5 Å². The van der Waals surface area contributed by atoms with Crippen molar-refractivity contribution in [2.45, 2.75) is 245 Å². The van der Waals surface area contributed by atoms with Gasteiger partial charge in [-0.1, -0.05) is 205 Å². The summed E-state index contributed by atoms with van der Waals surface area (Å²) >= 11 is 0. The summed E-state index contributed by atoms with van der Waals surface area (Å²) in [6.45, 7) is 6.48. The predicted molar refractivity (Wildman–Crippen MR) is 233 cm³/mol. The van der Waals surface area contributed by atoms with E-state index in [1.807, 2.05) is 0 Å². The first-order valence-electron chi connectivity index (χ1n) is 23.5. The molecular weight excluding hydrogens is 685 g/mol. The number of ether oxygens (including phenoxy) is 3. The molecule has 0 aliphatic carbocycles. The van der Waals surface area contributed by atoms with Crippen LogP contribution in [0.15, 0.2) is 36.5 Å². The maximum atomic E-state index is 12.7. The Hall–Kier alpha value is -2.37. The molecule has 0 fully saturated rings. The van der Waals surface area contributed by atoms with E-state index in [4.69, 9.17) is 14.2 Å². The molecule has 1 atom stereocenters. The Balaban J connectivity index is 4.37. The fourth-order valence-electron chi connectivity index (χ4n) is 6.63. The molecular formula is C49H88O6. The van der Waals surface area contributed by atoms with Crippen molar-refractivity contribution in [3.63, 3.8) is 0 Å². The van der Waals surface area contributed by atoms with Crippen molar-refractivity contribution in [3.8, 4) is 0 Å². The van der Waals surface area contributed by atoms with Crippen LogP contribution < -0.4 is 0 Å². The summed E-state index contributed by atoms with van der Waals surface area (Å²) in [6.07, 6.45) is 49.9. The fourth-order valence-corrected chi connectivity index (χ4v) is 6.63. The molecule has 0 aromatic rings. The highest BCUT2D eigenvalue weighted by Gasteiger charge is 2.19. The Bertz CT molecular complexity index is 938. The minimum atomic E-state index is -0.784. The normalized spacial score (nSPS) is 12.3. The van der Waals surface area contributed by atoms with Crippen molar-refractivity contribution in [2.24, 2.45) is 0 Å². The van der Waals surface area contributed by atoms with E-state index in [-0.39, 0.29) is 37.5 Å². The van der Waals surface area contributed by atoms with E-state index in [1.165, 1.54) is 122 Å². The van der Waals surface area contributed by atoms with Gasteiger partial charge in [-0.2, -0.15) is 0 Å². The van der Waals surface area contributed by atoms with Crippen LogP contribution in [0.4, 0.5) is 0 Å². The smallest absolute Gasteiger partial charge is 0.306 e. The van der Waals surface area contributed by atoms with E-state index in [2.05, 4.69) is 57.2 Å². The lowest BCUT2D eigenvalue weighted by Crippen LogP contribution is -2.30. The van der Waals surface area contributed by atoms with Crippen molar-refractivity contribution >= 4 is 17.9 Å². The summed E-state index contributed by atoms with van der Waals surface area (Å²) in [6, 6.07) is 0. The van der Waals surface area contributed by atoms with E-state index in [0.29, 0.717) is 19.3 Å². The molecule has 0 bridgehead atoms. The Morgan fingerprint density at radius 1 is 0.382 bits per heavy atom. The maximum absolute atomic E-state index is 12.7. The molecule has 55 heavy (non-hydrogen) atoms. The third-order valence-corrected chi connectivity index (χ3v) is 10.2. The van der Waals surface area contributed by atoms with E-state index in [1.54, 1.807) is 0 Å². The molecule has 0 rings (SSSR count). The topological polar surface area (TPSA) is 78.9 Å². The van der Waals surface area contributed by atoms with Crippen LogP contribution in [0.2, 0.25) is 0 Å². The van der Waals surface area contributed by atoms with Crippen LogP contribution in [-0.4, -0.2) is 37.2 Å². The first kappa shape index (κ1) is 52.6. The Kier molecular flexibility index (Phi) is 42.4. The van der Waals surface area contributed by atoms with Gasteiger partial charge in [0.1, 0.15) is 13.2 Å². The van der Waals surface area contributed by atoms with Crippen LogP contribution >= 0.6 is 0 Å². The molecule has 0 aromatic carbocycles. The average molecular weight is 773 g/mol. The molecule has 0 aliphatic heterocycles. The lowest BCUT2D eigenvalue weighted by atomic mass is 10.0. The van der Waals surface area contributed by atoms with E-state index in [0.717, 1.165) is 70.6 Å². The van der Waals surface area contributed by atoms with E-state index in [9.17, 15) is 14.4 Å².